The fraction of sp³-hybridized carbons (Fsp3) is 0.850. The summed E-state index contributed by atoms with van der Waals surface area (Å²) in [6, 6.07) is -0.178. The molecule has 31 heavy (non-hydrogen) atoms. The first kappa shape index (κ1) is 27.7. The van der Waals surface area contributed by atoms with Crippen molar-refractivity contribution in [2.24, 2.45) is 10.9 Å². The van der Waals surface area contributed by atoms with Crippen LogP contribution in [0.4, 0.5) is 4.79 Å². The van der Waals surface area contributed by atoms with Crippen molar-refractivity contribution in [3.8, 4) is 0 Å². The molecule has 0 radical (unpaired) electrons. The predicted octanol–water partition coefficient (Wildman–Crippen LogP) is 0.899. The first-order valence-electron chi connectivity index (χ1n) is 10.4. The van der Waals surface area contributed by atoms with Crippen molar-refractivity contribution < 1.29 is 23.8 Å². The number of guanidine groups is 1. The van der Waals surface area contributed by atoms with E-state index in [0.717, 1.165) is 13.0 Å². The summed E-state index contributed by atoms with van der Waals surface area (Å²) in [6.07, 6.45) is 0.406. The molecule has 180 valence electrons. The first-order valence-corrected chi connectivity index (χ1v) is 10.4. The maximum Gasteiger partial charge on any atom is 0.410 e. The molecule has 2 N–H and O–H groups in total. The fourth-order valence-corrected chi connectivity index (χ4v) is 3.23. The zero-order valence-corrected chi connectivity index (χ0v) is 21.8. The number of amides is 2. The molecule has 11 heteroatoms. The van der Waals surface area contributed by atoms with Crippen molar-refractivity contribution in [3.63, 3.8) is 0 Å². The van der Waals surface area contributed by atoms with Crippen LogP contribution in [0.2, 0.25) is 0 Å². The third kappa shape index (κ3) is 9.36. The summed E-state index contributed by atoms with van der Waals surface area (Å²) < 4.78 is 16.5. The van der Waals surface area contributed by atoms with Gasteiger partial charge in [0.25, 0.3) is 0 Å². The molecule has 2 heterocycles. The minimum atomic E-state index is -0.560. The zero-order valence-electron chi connectivity index (χ0n) is 19.5. The van der Waals surface area contributed by atoms with Crippen LogP contribution in [-0.4, -0.2) is 106 Å². The Bertz CT molecular complexity index is 620. The maximum atomic E-state index is 12.5. The van der Waals surface area contributed by atoms with E-state index in [2.05, 4.69) is 15.6 Å². The highest BCUT2D eigenvalue weighted by atomic mass is 127. The number of methoxy groups -OCH3 is 1. The summed E-state index contributed by atoms with van der Waals surface area (Å²) in [4.78, 5) is 32.0. The van der Waals surface area contributed by atoms with Gasteiger partial charge in [0.15, 0.2) is 5.96 Å². The van der Waals surface area contributed by atoms with Gasteiger partial charge in [-0.05, 0) is 27.2 Å². The molecule has 2 rings (SSSR count). The Balaban J connectivity index is 0.00000480. The topological polar surface area (TPSA) is 105 Å². The van der Waals surface area contributed by atoms with Crippen LogP contribution in [-0.2, 0) is 19.0 Å². The number of nitrogens with zero attached hydrogens (tertiary/aromatic N) is 3. The number of likely N-dealkylation sites (N-methyl/N-ethyl adjacent to an activating group) is 1. The van der Waals surface area contributed by atoms with Crippen molar-refractivity contribution in [1.82, 2.24) is 20.4 Å². The highest BCUT2D eigenvalue weighted by Crippen LogP contribution is 2.18. The van der Waals surface area contributed by atoms with Gasteiger partial charge in [0.2, 0.25) is 5.91 Å². The second-order valence-electron chi connectivity index (χ2n) is 8.97. The summed E-state index contributed by atoms with van der Waals surface area (Å²) in [5.74, 6) is 0.835. The van der Waals surface area contributed by atoms with Crippen molar-refractivity contribution in [2.75, 3.05) is 60.6 Å². The van der Waals surface area contributed by atoms with E-state index < -0.39 is 5.60 Å². The average molecular weight is 555 g/mol. The van der Waals surface area contributed by atoms with Crippen molar-refractivity contribution in [1.29, 1.82) is 0 Å². The third-order valence-electron chi connectivity index (χ3n) is 5.00. The normalized spacial score (nSPS) is 23.9. The van der Waals surface area contributed by atoms with E-state index >= 15 is 0 Å². The lowest BCUT2D eigenvalue weighted by molar-refractivity contribution is -0.127. The molecule has 0 aromatic rings. The number of carbonyl (C=O) groups is 2. The highest BCUT2D eigenvalue weighted by molar-refractivity contribution is 14.0. The molecule has 0 saturated carbocycles. The molecule has 2 amide bonds. The molecule has 0 spiro atoms. The monoisotopic (exact) mass is 555 g/mol. The van der Waals surface area contributed by atoms with Crippen molar-refractivity contribution >= 4 is 41.9 Å². The number of hydrogen-bond acceptors (Lipinski definition) is 6. The van der Waals surface area contributed by atoms with Crippen LogP contribution in [0, 0.1) is 5.92 Å². The number of aliphatic imine (C=N–C) groups is 1. The second kappa shape index (κ2) is 12.6. The van der Waals surface area contributed by atoms with Crippen LogP contribution in [0.3, 0.4) is 0 Å². The van der Waals surface area contributed by atoms with Gasteiger partial charge in [-0.15, -0.1) is 24.0 Å². The molecule has 2 saturated heterocycles. The molecule has 2 aliphatic heterocycles. The standard InChI is InChI=1S/C20H37N5O5.HI/c1-20(2,3)30-19(27)25-11-15(16(12-25)28-6)23-18(22-10-17(26)24(4)5)21-9-14-7-8-29-13-14;/h14-16H,7-13H2,1-6H3,(H2,21,22,23);1H/t14?,15?,16-;/m0./s1. The zero-order chi connectivity index (χ0) is 22.3. The Morgan fingerprint density at radius 2 is 1.97 bits per heavy atom. The molecule has 0 aromatic carbocycles. The SMILES string of the molecule is CO[C@H]1CN(C(=O)OC(C)(C)C)CC1NC(=NCC(=O)N(C)C)NCC1CCOC1.I. The maximum absolute atomic E-state index is 12.5. The van der Waals surface area contributed by atoms with Crippen LogP contribution in [0.15, 0.2) is 4.99 Å². The number of hydrogen-bond donors (Lipinski definition) is 2. The van der Waals surface area contributed by atoms with E-state index in [1.165, 1.54) is 4.90 Å². The van der Waals surface area contributed by atoms with Crippen LogP contribution in [0.5, 0.6) is 0 Å². The van der Waals surface area contributed by atoms with E-state index in [1.54, 1.807) is 26.1 Å². The van der Waals surface area contributed by atoms with Gasteiger partial charge < -0.3 is 34.6 Å². The Morgan fingerprint density at radius 1 is 1.26 bits per heavy atom. The smallest absolute Gasteiger partial charge is 0.410 e. The molecular weight excluding hydrogens is 517 g/mol. The van der Waals surface area contributed by atoms with Gasteiger partial charge in [-0.1, -0.05) is 0 Å². The van der Waals surface area contributed by atoms with Crippen molar-refractivity contribution in [2.45, 2.75) is 44.9 Å². The van der Waals surface area contributed by atoms with Crippen molar-refractivity contribution in [3.05, 3.63) is 0 Å². The van der Waals surface area contributed by atoms with Crippen LogP contribution < -0.4 is 10.6 Å². The first-order chi connectivity index (χ1) is 14.1. The molecule has 3 atom stereocenters. The van der Waals surface area contributed by atoms with E-state index in [9.17, 15) is 9.59 Å². The summed E-state index contributed by atoms with van der Waals surface area (Å²) in [5.41, 5.74) is -0.560. The minimum Gasteiger partial charge on any atom is -0.444 e. The van der Waals surface area contributed by atoms with Gasteiger partial charge >= 0.3 is 6.09 Å². The van der Waals surface area contributed by atoms with E-state index in [0.29, 0.717) is 38.1 Å². The largest absolute Gasteiger partial charge is 0.444 e. The van der Waals surface area contributed by atoms with Gasteiger partial charge in [-0.2, -0.15) is 0 Å². The number of ether oxygens (including phenoxy) is 3. The van der Waals surface area contributed by atoms with E-state index in [-0.39, 0.29) is 54.7 Å². The molecule has 0 aliphatic carbocycles. The lowest BCUT2D eigenvalue weighted by atomic mass is 10.1. The van der Waals surface area contributed by atoms with E-state index in [4.69, 9.17) is 14.2 Å². The predicted molar refractivity (Wildman–Crippen MR) is 129 cm³/mol. The highest BCUT2D eigenvalue weighted by Gasteiger charge is 2.38. The lowest BCUT2D eigenvalue weighted by Gasteiger charge is -2.24. The van der Waals surface area contributed by atoms with Crippen LogP contribution >= 0.6 is 24.0 Å². The molecule has 0 bridgehead atoms. The van der Waals surface area contributed by atoms with Crippen LogP contribution in [0.25, 0.3) is 0 Å². The van der Waals surface area contributed by atoms with Gasteiger partial charge in [-0.3, -0.25) is 4.79 Å². The minimum absolute atomic E-state index is 0. The molecule has 10 nitrogen and oxygen atoms in total. The number of rotatable bonds is 6. The van der Waals surface area contributed by atoms with Gasteiger partial charge in [0, 0.05) is 46.8 Å². The lowest BCUT2D eigenvalue weighted by Crippen LogP contribution is -2.50. The Hall–Kier alpha value is -1.34. The molecule has 2 fully saturated rings. The molecule has 2 unspecified atom stereocenters. The summed E-state index contributed by atoms with van der Waals surface area (Å²) in [5, 5.41) is 6.64. The quantitative estimate of drug-likeness (QED) is 0.285. The number of carbonyl (C=O) groups excluding carboxylic acids is 2. The average Bonchev–Trinajstić information content (AvgIpc) is 3.31. The summed E-state index contributed by atoms with van der Waals surface area (Å²) in [6.45, 7) is 8.57. The Morgan fingerprint density at radius 3 is 2.52 bits per heavy atom. The summed E-state index contributed by atoms with van der Waals surface area (Å²) in [7, 11) is 5.02. The summed E-state index contributed by atoms with van der Waals surface area (Å²) >= 11 is 0. The molecule has 0 aromatic heterocycles. The third-order valence-corrected chi connectivity index (χ3v) is 5.00. The van der Waals surface area contributed by atoms with Gasteiger partial charge in [0.1, 0.15) is 12.1 Å². The Labute approximate surface area is 202 Å². The molecule has 2 aliphatic rings. The Kier molecular flexibility index (Phi) is 11.3. The number of nitrogens with one attached hydrogen (secondary N) is 2. The number of likely N-dealkylation sites (tertiary alicyclic amines) is 1. The van der Waals surface area contributed by atoms with Gasteiger partial charge in [0.05, 0.1) is 25.3 Å². The van der Waals surface area contributed by atoms with Crippen LogP contribution in [0.1, 0.15) is 27.2 Å². The molecular formula is C20H38IN5O5. The van der Waals surface area contributed by atoms with Gasteiger partial charge in [-0.25, -0.2) is 9.79 Å². The fourth-order valence-electron chi connectivity index (χ4n) is 3.23. The second-order valence-corrected chi connectivity index (χ2v) is 8.97. The number of halogens is 1. The van der Waals surface area contributed by atoms with E-state index in [1.807, 2.05) is 20.8 Å².